The summed E-state index contributed by atoms with van der Waals surface area (Å²) in [5.41, 5.74) is 2.10. The fourth-order valence-corrected chi connectivity index (χ4v) is 4.29. The Labute approximate surface area is 161 Å². The van der Waals surface area contributed by atoms with Crippen LogP contribution in [-0.2, 0) is 10.0 Å². The fraction of sp³-hybridized carbons (Fsp3) is 0.421. The number of pyridine rings is 1. The van der Waals surface area contributed by atoms with E-state index in [0.29, 0.717) is 12.2 Å². The number of benzene rings is 1. The first-order valence-electron chi connectivity index (χ1n) is 9.12. The highest BCUT2D eigenvalue weighted by Gasteiger charge is 2.20. The third-order valence-electron chi connectivity index (χ3n) is 4.55. The predicted octanol–water partition coefficient (Wildman–Crippen LogP) is 2.57. The van der Waals surface area contributed by atoms with Gasteiger partial charge in [0.1, 0.15) is 11.6 Å². The van der Waals surface area contributed by atoms with E-state index in [4.69, 9.17) is 4.74 Å². The van der Waals surface area contributed by atoms with Gasteiger partial charge >= 0.3 is 0 Å². The Morgan fingerprint density at radius 3 is 2.41 bits per heavy atom. The van der Waals surface area contributed by atoms with Crippen molar-refractivity contribution < 1.29 is 13.2 Å². The molecule has 0 saturated carbocycles. The summed E-state index contributed by atoms with van der Waals surface area (Å²) < 4.78 is 31.6. The minimum Gasteiger partial charge on any atom is -0.495 e. The van der Waals surface area contributed by atoms with Crippen LogP contribution in [0.25, 0.3) is 0 Å². The van der Waals surface area contributed by atoms with Crippen LogP contribution in [0.4, 0.5) is 17.2 Å². The van der Waals surface area contributed by atoms with Crippen LogP contribution in [0.1, 0.15) is 13.3 Å². The summed E-state index contributed by atoms with van der Waals surface area (Å²) in [4.78, 5) is 8.83. The highest BCUT2D eigenvalue weighted by molar-refractivity contribution is 7.92. The van der Waals surface area contributed by atoms with E-state index in [9.17, 15) is 8.42 Å². The number of sulfonamides is 1. The van der Waals surface area contributed by atoms with Crippen LogP contribution in [0.5, 0.6) is 5.75 Å². The quantitative estimate of drug-likeness (QED) is 0.783. The van der Waals surface area contributed by atoms with Gasteiger partial charge in [-0.25, -0.2) is 13.4 Å². The molecule has 2 aromatic rings. The van der Waals surface area contributed by atoms with Gasteiger partial charge in [-0.15, -0.1) is 0 Å². The van der Waals surface area contributed by atoms with Gasteiger partial charge in [0.15, 0.2) is 0 Å². The number of para-hydroxylation sites is 2. The summed E-state index contributed by atoms with van der Waals surface area (Å²) in [6, 6.07) is 11.7. The van der Waals surface area contributed by atoms with E-state index in [1.807, 2.05) is 31.2 Å². The molecule has 0 aliphatic carbocycles. The average molecular weight is 391 g/mol. The fourth-order valence-electron chi connectivity index (χ4n) is 3.21. The van der Waals surface area contributed by atoms with Crippen molar-refractivity contribution in [1.29, 1.82) is 0 Å². The minimum atomic E-state index is -3.31. The van der Waals surface area contributed by atoms with Crippen LogP contribution in [0.15, 0.2) is 42.6 Å². The first-order chi connectivity index (χ1) is 13.0. The first-order valence-corrected chi connectivity index (χ1v) is 10.8. The van der Waals surface area contributed by atoms with Crippen molar-refractivity contribution in [2.45, 2.75) is 13.3 Å². The van der Waals surface area contributed by atoms with Crippen molar-refractivity contribution in [2.24, 2.45) is 0 Å². The molecule has 0 atom stereocenters. The normalized spacial score (nSPS) is 14.9. The van der Waals surface area contributed by atoms with E-state index < -0.39 is 10.0 Å². The number of rotatable bonds is 7. The van der Waals surface area contributed by atoms with Gasteiger partial charge in [-0.05, 0) is 30.7 Å². The molecule has 1 aromatic carbocycles. The number of ether oxygens (including phenoxy) is 1. The van der Waals surface area contributed by atoms with Gasteiger partial charge in [0.2, 0.25) is 10.0 Å². The second kappa shape index (κ2) is 8.47. The molecule has 0 unspecified atom stereocenters. The Morgan fingerprint density at radius 2 is 1.78 bits per heavy atom. The number of anilines is 3. The molecule has 1 aromatic heterocycles. The van der Waals surface area contributed by atoms with Gasteiger partial charge in [0, 0.05) is 26.2 Å². The van der Waals surface area contributed by atoms with Crippen LogP contribution in [0, 0.1) is 0 Å². The number of nitrogens with zero attached hydrogens (tertiary/aromatic N) is 3. The lowest BCUT2D eigenvalue weighted by Crippen LogP contribution is -2.46. The van der Waals surface area contributed by atoms with E-state index in [1.54, 1.807) is 19.4 Å². The number of hydrogen-bond donors (Lipinski definition) is 1. The summed E-state index contributed by atoms with van der Waals surface area (Å²) in [5.74, 6) is 1.35. The van der Waals surface area contributed by atoms with E-state index in [2.05, 4.69) is 25.6 Å². The molecule has 1 saturated heterocycles. The maximum absolute atomic E-state index is 11.8. The predicted molar refractivity (Wildman–Crippen MR) is 109 cm³/mol. The van der Waals surface area contributed by atoms with E-state index in [-0.39, 0.29) is 5.75 Å². The molecule has 0 spiro atoms. The molecule has 27 heavy (non-hydrogen) atoms. The third kappa shape index (κ3) is 4.82. The number of nitrogens with one attached hydrogen (secondary N) is 1. The summed E-state index contributed by atoms with van der Waals surface area (Å²) >= 11 is 0. The van der Waals surface area contributed by atoms with Crippen LogP contribution in [0.3, 0.4) is 0 Å². The van der Waals surface area contributed by atoms with Gasteiger partial charge in [-0.3, -0.25) is 4.72 Å². The summed E-state index contributed by atoms with van der Waals surface area (Å²) in [5, 5.41) is 0. The van der Waals surface area contributed by atoms with Crippen LogP contribution in [-0.4, -0.2) is 52.4 Å². The van der Waals surface area contributed by atoms with Gasteiger partial charge < -0.3 is 14.5 Å². The number of hydrogen-bond acceptors (Lipinski definition) is 6. The molecule has 2 heterocycles. The third-order valence-corrected chi connectivity index (χ3v) is 6.02. The average Bonchev–Trinajstić information content (AvgIpc) is 2.68. The molecular weight excluding hydrogens is 364 g/mol. The molecule has 1 N–H and O–H groups in total. The molecule has 0 bridgehead atoms. The summed E-state index contributed by atoms with van der Waals surface area (Å²) in [7, 11) is -1.62. The Hall–Kier alpha value is -2.48. The zero-order valence-corrected chi connectivity index (χ0v) is 16.6. The molecule has 8 heteroatoms. The van der Waals surface area contributed by atoms with Gasteiger partial charge in [0.05, 0.1) is 30.4 Å². The lowest BCUT2D eigenvalue weighted by atomic mass is 10.2. The molecule has 3 rings (SSSR count). The molecule has 7 nitrogen and oxygen atoms in total. The molecular formula is C19H26N4O3S. The Kier molecular flexibility index (Phi) is 6.05. The maximum atomic E-state index is 11.8. The highest BCUT2D eigenvalue weighted by Crippen LogP contribution is 2.29. The molecule has 146 valence electrons. The van der Waals surface area contributed by atoms with Crippen LogP contribution >= 0.6 is 0 Å². The lowest BCUT2D eigenvalue weighted by Gasteiger charge is -2.37. The summed E-state index contributed by atoms with van der Waals surface area (Å²) in [6.07, 6.45) is 2.30. The zero-order chi connectivity index (χ0) is 19.3. The van der Waals surface area contributed by atoms with E-state index >= 15 is 0 Å². The smallest absolute Gasteiger partial charge is 0.233 e. The second-order valence-electron chi connectivity index (χ2n) is 6.47. The van der Waals surface area contributed by atoms with Crippen molar-refractivity contribution in [3.05, 3.63) is 42.6 Å². The summed E-state index contributed by atoms with van der Waals surface area (Å²) in [6.45, 7) is 5.32. The number of aromatic nitrogens is 1. The number of methoxy groups -OCH3 is 1. The second-order valence-corrected chi connectivity index (χ2v) is 8.31. The molecule has 1 aliphatic rings. The SMILES string of the molecule is CCCS(=O)(=O)Nc1ccc(N2CCN(c3ccccc3OC)CC2)cn1. The van der Waals surface area contributed by atoms with Gasteiger partial charge in [-0.2, -0.15) is 0 Å². The van der Waals surface area contributed by atoms with Crippen LogP contribution < -0.4 is 19.3 Å². The van der Waals surface area contributed by atoms with Crippen molar-refractivity contribution in [2.75, 3.05) is 53.6 Å². The standard InChI is InChI=1S/C19H26N4O3S/c1-3-14-27(24,25)21-19-9-8-16(15-20-19)22-10-12-23(13-11-22)17-6-4-5-7-18(17)26-2/h4-9,15H,3,10-14H2,1-2H3,(H,20,21). The van der Waals surface area contributed by atoms with Gasteiger partial charge in [-0.1, -0.05) is 19.1 Å². The lowest BCUT2D eigenvalue weighted by molar-refractivity contribution is 0.413. The highest BCUT2D eigenvalue weighted by atomic mass is 32.2. The Morgan fingerprint density at radius 1 is 1.07 bits per heavy atom. The molecule has 1 fully saturated rings. The topological polar surface area (TPSA) is 74.8 Å². The number of piperazine rings is 1. The Bertz CT molecular complexity index is 848. The van der Waals surface area contributed by atoms with Crippen molar-refractivity contribution in [1.82, 2.24) is 4.98 Å². The minimum absolute atomic E-state index is 0.0986. The van der Waals surface area contributed by atoms with E-state index in [1.165, 1.54) is 0 Å². The van der Waals surface area contributed by atoms with Gasteiger partial charge in [0.25, 0.3) is 0 Å². The molecule has 0 amide bonds. The van der Waals surface area contributed by atoms with Crippen molar-refractivity contribution >= 4 is 27.2 Å². The monoisotopic (exact) mass is 390 g/mol. The van der Waals surface area contributed by atoms with Crippen LogP contribution in [0.2, 0.25) is 0 Å². The van der Waals surface area contributed by atoms with Crippen molar-refractivity contribution in [3.8, 4) is 5.75 Å². The van der Waals surface area contributed by atoms with Crippen molar-refractivity contribution in [3.63, 3.8) is 0 Å². The van der Waals surface area contributed by atoms with E-state index in [0.717, 1.165) is 43.3 Å². The molecule has 0 radical (unpaired) electrons. The molecule has 1 aliphatic heterocycles. The first kappa shape index (κ1) is 19.3. The largest absolute Gasteiger partial charge is 0.495 e. The Balaban J connectivity index is 1.61. The zero-order valence-electron chi connectivity index (χ0n) is 15.8. The maximum Gasteiger partial charge on any atom is 0.233 e.